The molecule has 0 aromatic heterocycles. The molecule has 0 saturated carbocycles. The minimum atomic E-state index is -2.91. The van der Waals surface area contributed by atoms with Crippen molar-refractivity contribution in [3.05, 3.63) is 29.8 Å². The molecular formula is C12H16F2O3. The monoisotopic (exact) mass is 246 g/mol. The molecule has 1 atom stereocenters. The van der Waals surface area contributed by atoms with E-state index in [0.717, 1.165) is 0 Å². The number of ether oxygens (including phenoxy) is 2. The number of aliphatic hydroxyl groups excluding tert-OH is 1. The van der Waals surface area contributed by atoms with Crippen LogP contribution in [-0.2, 0) is 4.74 Å². The SMILES string of the molecule is CC(C)OCC(O)c1ccccc1OC(F)F. The Kier molecular flexibility index (Phi) is 5.31. The highest BCUT2D eigenvalue weighted by Crippen LogP contribution is 2.26. The lowest BCUT2D eigenvalue weighted by atomic mass is 10.1. The summed E-state index contributed by atoms with van der Waals surface area (Å²) in [6, 6.07) is 6.13. The van der Waals surface area contributed by atoms with Crippen LogP contribution < -0.4 is 4.74 Å². The fourth-order valence-corrected chi connectivity index (χ4v) is 1.33. The number of rotatable bonds is 6. The second-order valence-electron chi connectivity index (χ2n) is 3.81. The van der Waals surface area contributed by atoms with Crippen LogP contribution in [0.4, 0.5) is 8.78 Å². The van der Waals surface area contributed by atoms with Crippen LogP contribution in [0.1, 0.15) is 25.5 Å². The quantitative estimate of drug-likeness (QED) is 0.838. The van der Waals surface area contributed by atoms with E-state index in [4.69, 9.17) is 4.74 Å². The standard InChI is InChI=1S/C12H16F2O3/c1-8(2)16-7-10(15)9-5-3-4-6-11(9)17-12(13)14/h3-6,8,10,12,15H,7H2,1-2H3. The van der Waals surface area contributed by atoms with Crippen molar-refractivity contribution < 1.29 is 23.4 Å². The molecule has 0 radical (unpaired) electrons. The number of alkyl halides is 2. The minimum absolute atomic E-state index is 0.0256. The summed E-state index contributed by atoms with van der Waals surface area (Å²) in [6.45, 7) is 0.790. The first-order chi connectivity index (χ1) is 8.00. The van der Waals surface area contributed by atoms with Gasteiger partial charge in [-0.25, -0.2) is 0 Å². The van der Waals surface area contributed by atoms with E-state index in [-0.39, 0.29) is 18.5 Å². The maximum atomic E-state index is 12.1. The third-order valence-corrected chi connectivity index (χ3v) is 2.08. The Morgan fingerprint density at radius 1 is 1.24 bits per heavy atom. The molecule has 0 heterocycles. The molecule has 1 aromatic rings. The smallest absolute Gasteiger partial charge is 0.387 e. The Morgan fingerprint density at radius 2 is 1.88 bits per heavy atom. The van der Waals surface area contributed by atoms with Gasteiger partial charge in [0.1, 0.15) is 11.9 Å². The predicted molar refractivity (Wildman–Crippen MR) is 59.1 cm³/mol. The summed E-state index contributed by atoms with van der Waals surface area (Å²) in [5, 5.41) is 9.81. The predicted octanol–water partition coefficient (Wildman–Crippen LogP) is 2.75. The van der Waals surface area contributed by atoms with Crippen LogP contribution in [0.25, 0.3) is 0 Å². The van der Waals surface area contributed by atoms with E-state index >= 15 is 0 Å². The van der Waals surface area contributed by atoms with Crippen LogP contribution in [0.3, 0.4) is 0 Å². The van der Waals surface area contributed by atoms with E-state index in [1.54, 1.807) is 12.1 Å². The van der Waals surface area contributed by atoms with Crippen LogP contribution >= 0.6 is 0 Å². The lowest BCUT2D eigenvalue weighted by Gasteiger charge is -2.17. The molecule has 0 spiro atoms. The average molecular weight is 246 g/mol. The van der Waals surface area contributed by atoms with Gasteiger partial charge in [-0.2, -0.15) is 8.78 Å². The van der Waals surface area contributed by atoms with Crippen molar-refractivity contribution in [2.45, 2.75) is 32.7 Å². The van der Waals surface area contributed by atoms with E-state index in [9.17, 15) is 13.9 Å². The Hall–Kier alpha value is -1.20. The van der Waals surface area contributed by atoms with Gasteiger partial charge >= 0.3 is 6.61 Å². The third kappa shape index (κ3) is 4.66. The molecule has 3 nitrogen and oxygen atoms in total. The highest BCUT2D eigenvalue weighted by molar-refractivity contribution is 5.35. The molecule has 0 aliphatic heterocycles. The first-order valence-corrected chi connectivity index (χ1v) is 5.34. The maximum absolute atomic E-state index is 12.1. The average Bonchev–Trinajstić information content (AvgIpc) is 2.25. The van der Waals surface area contributed by atoms with Crippen molar-refractivity contribution >= 4 is 0 Å². The van der Waals surface area contributed by atoms with Crippen molar-refractivity contribution in [1.82, 2.24) is 0 Å². The Labute approximate surface area is 99.0 Å². The van der Waals surface area contributed by atoms with Gasteiger partial charge in [-0.3, -0.25) is 0 Å². The normalized spacial score (nSPS) is 13.1. The van der Waals surface area contributed by atoms with Crippen LogP contribution in [0.2, 0.25) is 0 Å². The molecular weight excluding hydrogens is 230 g/mol. The molecule has 0 aliphatic rings. The fraction of sp³-hybridized carbons (Fsp3) is 0.500. The maximum Gasteiger partial charge on any atom is 0.387 e. The number of hydrogen-bond donors (Lipinski definition) is 1. The number of benzene rings is 1. The van der Waals surface area contributed by atoms with E-state index in [0.29, 0.717) is 5.56 Å². The van der Waals surface area contributed by atoms with Gasteiger partial charge in [0.2, 0.25) is 0 Å². The summed E-state index contributed by atoms with van der Waals surface area (Å²) in [7, 11) is 0. The van der Waals surface area contributed by atoms with Crippen LogP contribution in [0.5, 0.6) is 5.75 Å². The van der Waals surface area contributed by atoms with E-state index in [1.165, 1.54) is 12.1 Å². The molecule has 0 saturated heterocycles. The summed E-state index contributed by atoms with van der Waals surface area (Å²) in [4.78, 5) is 0. The molecule has 5 heteroatoms. The number of halogens is 2. The van der Waals surface area contributed by atoms with Gasteiger partial charge in [0, 0.05) is 5.56 Å². The summed E-state index contributed by atoms with van der Waals surface area (Å²) in [5.74, 6) is -0.0256. The fourth-order valence-electron chi connectivity index (χ4n) is 1.33. The van der Waals surface area contributed by atoms with Gasteiger partial charge in [0.15, 0.2) is 0 Å². The van der Waals surface area contributed by atoms with Crippen LogP contribution in [0, 0.1) is 0 Å². The molecule has 1 N–H and O–H groups in total. The zero-order valence-electron chi connectivity index (χ0n) is 9.77. The van der Waals surface area contributed by atoms with E-state index in [1.807, 2.05) is 13.8 Å². The van der Waals surface area contributed by atoms with Crippen LogP contribution in [0.15, 0.2) is 24.3 Å². The molecule has 17 heavy (non-hydrogen) atoms. The third-order valence-electron chi connectivity index (χ3n) is 2.08. The molecule has 0 bridgehead atoms. The van der Waals surface area contributed by atoms with E-state index < -0.39 is 12.7 Å². The largest absolute Gasteiger partial charge is 0.434 e. The molecule has 96 valence electrons. The Balaban J connectivity index is 2.74. The van der Waals surface area contributed by atoms with Gasteiger partial charge in [0.25, 0.3) is 0 Å². The Morgan fingerprint density at radius 3 is 2.47 bits per heavy atom. The number of para-hydroxylation sites is 1. The summed E-state index contributed by atoms with van der Waals surface area (Å²) < 4.78 is 33.8. The highest BCUT2D eigenvalue weighted by atomic mass is 19.3. The first-order valence-electron chi connectivity index (χ1n) is 5.34. The molecule has 0 amide bonds. The van der Waals surface area contributed by atoms with Gasteiger partial charge in [-0.05, 0) is 19.9 Å². The zero-order valence-corrected chi connectivity index (χ0v) is 9.77. The van der Waals surface area contributed by atoms with Gasteiger partial charge < -0.3 is 14.6 Å². The summed E-state index contributed by atoms with van der Waals surface area (Å²) in [6.07, 6.45) is -1.01. The van der Waals surface area contributed by atoms with Crippen molar-refractivity contribution in [3.8, 4) is 5.75 Å². The van der Waals surface area contributed by atoms with Gasteiger partial charge in [0.05, 0.1) is 12.7 Å². The van der Waals surface area contributed by atoms with Crippen molar-refractivity contribution in [2.75, 3.05) is 6.61 Å². The summed E-state index contributed by atoms with van der Waals surface area (Å²) >= 11 is 0. The van der Waals surface area contributed by atoms with Crippen molar-refractivity contribution in [2.24, 2.45) is 0 Å². The zero-order chi connectivity index (χ0) is 12.8. The number of aliphatic hydroxyl groups is 1. The molecule has 0 fully saturated rings. The number of hydrogen-bond acceptors (Lipinski definition) is 3. The van der Waals surface area contributed by atoms with Crippen molar-refractivity contribution in [1.29, 1.82) is 0 Å². The molecule has 1 rings (SSSR count). The minimum Gasteiger partial charge on any atom is -0.434 e. The lowest BCUT2D eigenvalue weighted by Crippen LogP contribution is -2.14. The molecule has 1 aromatic carbocycles. The second kappa shape index (κ2) is 6.51. The molecule has 0 aliphatic carbocycles. The van der Waals surface area contributed by atoms with Gasteiger partial charge in [-0.15, -0.1) is 0 Å². The van der Waals surface area contributed by atoms with E-state index in [2.05, 4.69) is 4.74 Å². The highest BCUT2D eigenvalue weighted by Gasteiger charge is 2.16. The lowest BCUT2D eigenvalue weighted by molar-refractivity contribution is -0.0534. The topological polar surface area (TPSA) is 38.7 Å². The summed E-state index contributed by atoms with van der Waals surface area (Å²) in [5.41, 5.74) is 0.299. The van der Waals surface area contributed by atoms with Gasteiger partial charge in [-0.1, -0.05) is 18.2 Å². The van der Waals surface area contributed by atoms with Crippen molar-refractivity contribution in [3.63, 3.8) is 0 Å². The molecule has 1 unspecified atom stereocenters. The second-order valence-corrected chi connectivity index (χ2v) is 3.81. The Bertz CT molecular complexity index is 342. The first kappa shape index (κ1) is 13.9. The van der Waals surface area contributed by atoms with Crippen LogP contribution in [-0.4, -0.2) is 24.4 Å².